The van der Waals surface area contributed by atoms with Crippen LogP contribution in [0.25, 0.3) is 10.9 Å². The van der Waals surface area contributed by atoms with Gasteiger partial charge in [-0.05, 0) is 17.5 Å². The first-order valence-corrected chi connectivity index (χ1v) is 11.5. The van der Waals surface area contributed by atoms with E-state index >= 15 is 0 Å². The molecule has 3 atom stereocenters. The molecule has 0 fully saturated rings. The molecular formula is C24H31N7O5. The highest BCUT2D eigenvalue weighted by atomic mass is 16.4. The standard InChI is InChI=1S/C24H31N7O5/c1-13(2)21(24(35)36)31-20(32)11-28-23(34)19(7-14-9-27-18-6-4-3-5-16(14)18)30-22(33)17(25)8-15-10-26-12-29-15/h3-6,9-10,12-13,17,19,21,27H,7-8,11,25H2,1-2H3,(H,26,29)(H,28,34)(H,30,33)(H,31,32)(H,35,36). The molecule has 0 aliphatic heterocycles. The first kappa shape index (κ1) is 26.4. The van der Waals surface area contributed by atoms with Gasteiger partial charge in [-0.15, -0.1) is 0 Å². The number of carbonyl (C=O) groups excluding carboxylic acids is 3. The van der Waals surface area contributed by atoms with Crippen molar-refractivity contribution in [3.05, 3.63) is 54.2 Å². The van der Waals surface area contributed by atoms with Gasteiger partial charge in [0.1, 0.15) is 12.1 Å². The van der Waals surface area contributed by atoms with Crippen molar-refractivity contribution >= 4 is 34.6 Å². The Labute approximate surface area is 207 Å². The molecule has 12 heteroatoms. The zero-order chi connectivity index (χ0) is 26.2. The van der Waals surface area contributed by atoms with Crippen molar-refractivity contribution in [2.45, 2.75) is 44.8 Å². The molecule has 3 unspecified atom stereocenters. The Kier molecular flexibility index (Phi) is 8.79. The number of para-hydroxylation sites is 1. The van der Waals surface area contributed by atoms with Crippen LogP contribution in [-0.2, 0) is 32.0 Å². The molecule has 8 N–H and O–H groups in total. The predicted molar refractivity (Wildman–Crippen MR) is 132 cm³/mol. The van der Waals surface area contributed by atoms with Crippen LogP contribution in [-0.4, -0.2) is 68.4 Å². The lowest BCUT2D eigenvalue weighted by atomic mass is 10.0. The molecule has 0 aliphatic carbocycles. The van der Waals surface area contributed by atoms with Crippen LogP contribution in [0.4, 0.5) is 0 Å². The highest BCUT2D eigenvalue weighted by molar-refractivity contribution is 5.93. The third-order valence-electron chi connectivity index (χ3n) is 5.74. The van der Waals surface area contributed by atoms with E-state index < -0.39 is 48.4 Å². The normalized spacial score (nSPS) is 13.7. The monoisotopic (exact) mass is 497 g/mol. The van der Waals surface area contributed by atoms with Crippen molar-refractivity contribution < 1.29 is 24.3 Å². The number of carboxylic acid groups (broad SMARTS) is 1. The maximum absolute atomic E-state index is 13.0. The fourth-order valence-electron chi connectivity index (χ4n) is 3.76. The van der Waals surface area contributed by atoms with Crippen LogP contribution in [0.15, 0.2) is 43.0 Å². The SMILES string of the molecule is CC(C)C(NC(=O)CNC(=O)C(Cc1c[nH]c2ccccc12)NC(=O)C(N)Cc1cnc[nH]1)C(=O)O. The zero-order valence-electron chi connectivity index (χ0n) is 20.1. The number of fused-ring (bicyclic) bond motifs is 1. The van der Waals surface area contributed by atoms with Gasteiger partial charge in [0.05, 0.1) is 18.9 Å². The minimum atomic E-state index is -1.17. The van der Waals surface area contributed by atoms with E-state index in [1.165, 1.54) is 6.33 Å². The summed E-state index contributed by atoms with van der Waals surface area (Å²) in [4.78, 5) is 59.4. The average Bonchev–Trinajstić information content (AvgIpc) is 3.50. The maximum Gasteiger partial charge on any atom is 0.326 e. The predicted octanol–water partition coefficient (Wildman–Crippen LogP) is -0.170. The molecule has 12 nitrogen and oxygen atoms in total. The number of carbonyl (C=O) groups is 4. The van der Waals surface area contributed by atoms with Gasteiger partial charge in [0.15, 0.2) is 0 Å². The second kappa shape index (κ2) is 12.0. The lowest BCUT2D eigenvalue weighted by Gasteiger charge is -2.21. The summed E-state index contributed by atoms with van der Waals surface area (Å²) in [5, 5.41) is 17.7. The van der Waals surface area contributed by atoms with E-state index in [2.05, 4.69) is 30.9 Å². The molecule has 0 radical (unpaired) electrons. The lowest BCUT2D eigenvalue weighted by Crippen LogP contribution is -2.54. The van der Waals surface area contributed by atoms with Gasteiger partial charge in [-0.2, -0.15) is 0 Å². The summed E-state index contributed by atoms with van der Waals surface area (Å²) in [6.07, 6.45) is 5.13. The summed E-state index contributed by atoms with van der Waals surface area (Å²) < 4.78 is 0. The molecule has 3 aromatic rings. The molecule has 2 heterocycles. The van der Waals surface area contributed by atoms with Gasteiger partial charge in [0, 0.05) is 41.8 Å². The molecule has 0 spiro atoms. The van der Waals surface area contributed by atoms with Crippen LogP contribution in [0.1, 0.15) is 25.1 Å². The molecule has 0 bridgehead atoms. The van der Waals surface area contributed by atoms with Crippen LogP contribution in [0.5, 0.6) is 0 Å². The van der Waals surface area contributed by atoms with Crippen molar-refractivity contribution in [3.63, 3.8) is 0 Å². The fraction of sp³-hybridized carbons (Fsp3) is 0.375. The molecular weight excluding hydrogens is 466 g/mol. The van der Waals surface area contributed by atoms with E-state index in [0.717, 1.165) is 16.5 Å². The Morgan fingerprint density at radius 2 is 1.81 bits per heavy atom. The van der Waals surface area contributed by atoms with Crippen LogP contribution >= 0.6 is 0 Å². The summed E-state index contributed by atoms with van der Waals surface area (Å²) in [5.41, 5.74) is 8.38. The van der Waals surface area contributed by atoms with Gasteiger partial charge >= 0.3 is 5.97 Å². The van der Waals surface area contributed by atoms with E-state index in [1.807, 2.05) is 24.3 Å². The minimum Gasteiger partial charge on any atom is -0.480 e. The minimum absolute atomic E-state index is 0.143. The fourth-order valence-corrected chi connectivity index (χ4v) is 3.76. The van der Waals surface area contributed by atoms with Crippen LogP contribution in [0.3, 0.4) is 0 Å². The van der Waals surface area contributed by atoms with Crippen LogP contribution in [0.2, 0.25) is 0 Å². The second-order valence-corrected chi connectivity index (χ2v) is 8.86. The summed E-state index contributed by atoms with van der Waals surface area (Å²) >= 11 is 0. The Morgan fingerprint density at radius 1 is 1.06 bits per heavy atom. The van der Waals surface area contributed by atoms with E-state index in [9.17, 15) is 24.3 Å². The molecule has 0 saturated carbocycles. The van der Waals surface area contributed by atoms with E-state index in [-0.39, 0.29) is 18.8 Å². The number of imidazole rings is 1. The summed E-state index contributed by atoms with van der Waals surface area (Å²) in [6.45, 7) is 2.88. The summed E-state index contributed by atoms with van der Waals surface area (Å²) in [7, 11) is 0. The summed E-state index contributed by atoms with van der Waals surface area (Å²) in [6, 6.07) is 4.48. The number of benzene rings is 1. The Hall–Kier alpha value is -4.19. The quantitative estimate of drug-likeness (QED) is 0.180. The first-order valence-electron chi connectivity index (χ1n) is 11.5. The lowest BCUT2D eigenvalue weighted by molar-refractivity contribution is -0.143. The van der Waals surface area contributed by atoms with Gasteiger partial charge in [-0.3, -0.25) is 14.4 Å². The molecule has 0 saturated heterocycles. The largest absolute Gasteiger partial charge is 0.480 e. The molecule has 0 aliphatic rings. The molecule has 1 aromatic carbocycles. The number of aliphatic carboxylic acids is 1. The van der Waals surface area contributed by atoms with Crippen LogP contribution < -0.4 is 21.7 Å². The van der Waals surface area contributed by atoms with Crippen molar-refractivity contribution in [3.8, 4) is 0 Å². The van der Waals surface area contributed by atoms with Crippen molar-refractivity contribution in [2.75, 3.05) is 6.54 Å². The van der Waals surface area contributed by atoms with Gasteiger partial charge in [-0.25, -0.2) is 9.78 Å². The maximum atomic E-state index is 13.0. The number of aromatic amines is 2. The van der Waals surface area contributed by atoms with Gasteiger partial charge in [0.2, 0.25) is 17.7 Å². The number of nitrogens with zero attached hydrogens (tertiary/aromatic N) is 1. The van der Waals surface area contributed by atoms with Gasteiger partial charge < -0.3 is 36.8 Å². The van der Waals surface area contributed by atoms with E-state index in [0.29, 0.717) is 5.69 Å². The highest BCUT2D eigenvalue weighted by Crippen LogP contribution is 2.19. The molecule has 192 valence electrons. The van der Waals surface area contributed by atoms with Gasteiger partial charge in [-0.1, -0.05) is 32.0 Å². The number of nitrogens with one attached hydrogen (secondary N) is 5. The smallest absolute Gasteiger partial charge is 0.326 e. The number of aromatic nitrogens is 3. The number of hydrogen-bond acceptors (Lipinski definition) is 6. The number of rotatable bonds is 12. The average molecular weight is 498 g/mol. The topological polar surface area (TPSA) is 195 Å². The van der Waals surface area contributed by atoms with Crippen molar-refractivity contribution in [1.29, 1.82) is 0 Å². The Morgan fingerprint density at radius 3 is 2.47 bits per heavy atom. The van der Waals surface area contributed by atoms with Crippen molar-refractivity contribution in [2.24, 2.45) is 11.7 Å². The molecule has 3 rings (SSSR count). The third-order valence-corrected chi connectivity index (χ3v) is 5.74. The number of nitrogens with two attached hydrogens (primary N) is 1. The third kappa shape index (κ3) is 6.92. The number of H-pyrrole nitrogens is 2. The zero-order valence-corrected chi connectivity index (χ0v) is 20.1. The summed E-state index contributed by atoms with van der Waals surface area (Å²) in [5.74, 6) is -3.31. The number of amides is 3. The van der Waals surface area contributed by atoms with Crippen LogP contribution in [0, 0.1) is 5.92 Å². The molecule has 3 amide bonds. The molecule has 2 aromatic heterocycles. The van der Waals surface area contributed by atoms with Crippen molar-refractivity contribution in [1.82, 2.24) is 30.9 Å². The van der Waals surface area contributed by atoms with E-state index in [1.54, 1.807) is 26.2 Å². The number of carboxylic acids is 1. The number of hydrogen-bond donors (Lipinski definition) is 7. The highest BCUT2D eigenvalue weighted by Gasteiger charge is 2.27. The molecule has 36 heavy (non-hydrogen) atoms. The van der Waals surface area contributed by atoms with E-state index in [4.69, 9.17) is 5.73 Å². The Balaban J connectivity index is 1.70. The first-order chi connectivity index (χ1) is 17.2. The second-order valence-electron chi connectivity index (χ2n) is 8.86. The Bertz CT molecular complexity index is 1200. The van der Waals surface area contributed by atoms with Gasteiger partial charge in [0.25, 0.3) is 0 Å².